The molecule has 1 saturated carbocycles. The number of anilines is 1. The smallest absolute Gasteiger partial charge is 0.338 e. The molecule has 2 rings (SSSR count). The summed E-state index contributed by atoms with van der Waals surface area (Å²) in [6.07, 6.45) is 8.37. The Morgan fingerprint density at radius 3 is 2.69 bits per heavy atom. The van der Waals surface area contributed by atoms with Crippen LogP contribution in [0.25, 0.3) is 0 Å². The average molecular weight is 427 g/mol. The molecule has 0 saturated heterocycles. The molecule has 0 amide bonds. The molecule has 4 N–H and O–H groups in total. The predicted octanol–water partition coefficient (Wildman–Crippen LogP) is 4.16. The maximum absolute atomic E-state index is 12.3. The van der Waals surface area contributed by atoms with Crippen molar-refractivity contribution in [1.82, 2.24) is 5.32 Å². The van der Waals surface area contributed by atoms with E-state index in [1.807, 2.05) is 6.07 Å². The number of unbranched alkanes of at least 4 members (excludes halogenated alkanes) is 2. The summed E-state index contributed by atoms with van der Waals surface area (Å²) in [5.41, 5.74) is 8.52. The number of ether oxygens (including phenoxy) is 1. The third-order valence-corrected chi connectivity index (χ3v) is 6.03. The second kappa shape index (κ2) is 10.3. The van der Waals surface area contributed by atoms with E-state index in [4.69, 9.17) is 15.6 Å². The normalized spacial score (nSPS) is 16.0. The highest BCUT2D eigenvalue weighted by molar-refractivity contribution is 9.10. The molecule has 26 heavy (non-hydrogen) atoms. The SMILES string of the molecule is CCC1(NCc2cc(C(=O)OCCCCCO)cc(Br)c2N)CCCC1. The summed E-state index contributed by atoms with van der Waals surface area (Å²) in [5, 5.41) is 12.5. The first-order valence-corrected chi connectivity index (χ1v) is 10.4. The number of rotatable bonds is 10. The minimum absolute atomic E-state index is 0.175. The molecule has 1 fully saturated rings. The molecule has 0 spiro atoms. The van der Waals surface area contributed by atoms with Crippen LogP contribution in [0.1, 0.15) is 74.2 Å². The number of hydrogen-bond acceptors (Lipinski definition) is 5. The van der Waals surface area contributed by atoms with Crippen LogP contribution in [0.3, 0.4) is 0 Å². The lowest BCUT2D eigenvalue weighted by molar-refractivity contribution is 0.0496. The van der Waals surface area contributed by atoms with Gasteiger partial charge in [-0.25, -0.2) is 4.79 Å². The van der Waals surface area contributed by atoms with Crippen molar-refractivity contribution in [1.29, 1.82) is 0 Å². The van der Waals surface area contributed by atoms with E-state index in [0.29, 0.717) is 24.4 Å². The van der Waals surface area contributed by atoms with Crippen LogP contribution in [0.5, 0.6) is 0 Å². The van der Waals surface area contributed by atoms with E-state index in [1.54, 1.807) is 6.07 Å². The standard InChI is InChI=1S/C20H31BrN2O3/c1-2-20(8-4-5-9-20)23-14-16-12-15(13-17(21)18(16)22)19(25)26-11-7-3-6-10-24/h12-13,23-24H,2-11,14,22H2,1H3. The molecular formula is C20H31BrN2O3. The Labute approximate surface area is 164 Å². The molecule has 146 valence electrons. The topological polar surface area (TPSA) is 84.6 Å². The minimum Gasteiger partial charge on any atom is -0.462 e. The van der Waals surface area contributed by atoms with E-state index in [0.717, 1.165) is 35.7 Å². The first kappa shape index (κ1) is 21.2. The van der Waals surface area contributed by atoms with Crippen molar-refractivity contribution in [3.63, 3.8) is 0 Å². The minimum atomic E-state index is -0.331. The lowest BCUT2D eigenvalue weighted by Gasteiger charge is -2.29. The molecule has 0 atom stereocenters. The van der Waals surface area contributed by atoms with Crippen LogP contribution in [0.15, 0.2) is 16.6 Å². The quantitative estimate of drug-likeness (QED) is 0.297. The second-order valence-electron chi connectivity index (χ2n) is 7.15. The van der Waals surface area contributed by atoms with Gasteiger partial charge >= 0.3 is 5.97 Å². The molecule has 0 unspecified atom stereocenters. The molecule has 1 aliphatic carbocycles. The number of benzene rings is 1. The van der Waals surface area contributed by atoms with E-state index >= 15 is 0 Å². The first-order valence-electron chi connectivity index (χ1n) is 9.62. The Balaban J connectivity index is 2.00. The van der Waals surface area contributed by atoms with Gasteiger partial charge in [0.2, 0.25) is 0 Å². The van der Waals surface area contributed by atoms with Crippen LogP contribution in [0.4, 0.5) is 5.69 Å². The second-order valence-corrected chi connectivity index (χ2v) is 8.00. The number of esters is 1. The van der Waals surface area contributed by atoms with Crippen molar-refractivity contribution in [2.24, 2.45) is 0 Å². The Morgan fingerprint density at radius 2 is 2.04 bits per heavy atom. The molecular weight excluding hydrogens is 396 g/mol. The lowest BCUT2D eigenvalue weighted by atomic mass is 9.93. The van der Waals surface area contributed by atoms with E-state index in [1.165, 1.54) is 25.7 Å². The Bertz CT molecular complexity index is 601. The summed E-state index contributed by atoms with van der Waals surface area (Å²) in [6, 6.07) is 3.56. The number of carbonyl (C=O) groups excluding carboxylic acids is 1. The monoisotopic (exact) mass is 426 g/mol. The van der Waals surface area contributed by atoms with Crippen molar-refractivity contribution in [2.75, 3.05) is 18.9 Å². The number of aliphatic hydroxyl groups excluding tert-OH is 1. The van der Waals surface area contributed by atoms with Crippen molar-refractivity contribution in [3.8, 4) is 0 Å². The van der Waals surface area contributed by atoms with Gasteiger partial charge in [-0.2, -0.15) is 0 Å². The van der Waals surface area contributed by atoms with Gasteiger partial charge in [-0.05, 0) is 72.2 Å². The van der Waals surface area contributed by atoms with Crippen LogP contribution in [-0.2, 0) is 11.3 Å². The van der Waals surface area contributed by atoms with Crippen molar-refractivity contribution in [3.05, 3.63) is 27.7 Å². The first-order chi connectivity index (χ1) is 12.5. The highest BCUT2D eigenvalue weighted by atomic mass is 79.9. The summed E-state index contributed by atoms with van der Waals surface area (Å²) < 4.78 is 6.06. The summed E-state index contributed by atoms with van der Waals surface area (Å²) in [6.45, 7) is 3.42. The van der Waals surface area contributed by atoms with Gasteiger partial charge in [0.25, 0.3) is 0 Å². The number of hydrogen-bond donors (Lipinski definition) is 3. The summed E-state index contributed by atoms with van der Waals surface area (Å²) in [4.78, 5) is 12.3. The number of nitrogens with two attached hydrogens (primary N) is 1. The van der Waals surface area contributed by atoms with Crippen molar-refractivity contribution < 1.29 is 14.6 Å². The number of nitrogens with one attached hydrogen (secondary N) is 1. The summed E-state index contributed by atoms with van der Waals surface area (Å²) >= 11 is 3.46. The van der Waals surface area contributed by atoms with E-state index < -0.39 is 0 Å². The zero-order valence-corrected chi connectivity index (χ0v) is 17.2. The van der Waals surface area contributed by atoms with Crippen LogP contribution in [0.2, 0.25) is 0 Å². The molecule has 0 aromatic heterocycles. The highest BCUT2D eigenvalue weighted by Gasteiger charge is 2.31. The number of halogens is 1. The van der Waals surface area contributed by atoms with Gasteiger partial charge in [0.15, 0.2) is 0 Å². The third kappa shape index (κ3) is 5.69. The number of carbonyl (C=O) groups is 1. The summed E-state index contributed by atoms with van der Waals surface area (Å²) in [7, 11) is 0. The molecule has 6 heteroatoms. The molecule has 5 nitrogen and oxygen atoms in total. The largest absolute Gasteiger partial charge is 0.462 e. The van der Waals surface area contributed by atoms with Gasteiger partial charge in [0.1, 0.15) is 0 Å². The number of aliphatic hydroxyl groups is 1. The summed E-state index contributed by atoms with van der Waals surface area (Å²) in [5.74, 6) is -0.331. The molecule has 0 heterocycles. The fourth-order valence-electron chi connectivity index (χ4n) is 3.57. The molecule has 1 aromatic rings. The molecule has 0 bridgehead atoms. The Hall–Kier alpha value is -1.11. The van der Waals surface area contributed by atoms with Gasteiger partial charge in [-0.3, -0.25) is 0 Å². The van der Waals surface area contributed by atoms with Crippen LogP contribution in [-0.4, -0.2) is 29.8 Å². The maximum Gasteiger partial charge on any atom is 0.338 e. The molecule has 0 radical (unpaired) electrons. The van der Waals surface area contributed by atoms with Gasteiger partial charge < -0.3 is 20.9 Å². The van der Waals surface area contributed by atoms with E-state index in [-0.39, 0.29) is 18.1 Å². The fraction of sp³-hybridized carbons (Fsp3) is 0.650. The fourth-order valence-corrected chi connectivity index (χ4v) is 4.07. The third-order valence-electron chi connectivity index (χ3n) is 5.38. The van der Waals surface area contributed by atoms with Gasteiger partial charge in [0.05, 0.1) is 17.9 Å². The molecule has 1 aliphatic rings. The van der Waals surface area contributed by atoms with Crippen molar-refractivity contribution >= 4 is 27.6 Å². The highest BCUT2D eigenvalue weighted by Crippen LogP contribution is 2.33. The average Bonchev–Trinajstić information content (AvgIpc) is 3.12. The molecule has 0 aliphatic heterocycles. The molecule has 1 aromatic carbocycles. The van der Waals surface area contributed by atoms with Crippen molar-refractivity contribution in [2.45, 2.75) is 70.4 Å². The Kier molecular flexibility index (Phi) is 8.38. The lowest BCUT2D eigenvalue weighted by Crippen LogP contribution is -2.41. The van der Waals surface area contributed by atoms with E-state index in [9.17, 15) is 4.79 Å². The van der Waals surface area contributed by atoms with Gasteiger partial charge in [-0.15, -0.1) is 0 Å². The van der Waals surface area contributed by atoms with Gasteiger partial charge in [0, 0.05) is 23.2 Å². The zero-order valence-electron chi connectivity index (χ0n) is 15.7. The van der Waals surface area contributed by atoms with E-state index in [2.05, 4.69) is 28.2 Å². The number of nitrogen functional groups attached to an aromatic ring is 1. The zero-order chi connectivity index (χ0) is 19.0. The van der Waals surface area contributed by atoms with Crippen LogP contribution >= 0.6 is 15.9 Å². The predicted molar refractivity (Wildman–Crippen MR) is 108 cm³/mol. The van der Waals surface area contributed by atoms with Crippen LogP contribution < -0.4 is 11.1 Å². The van der Waals surface area contributed by atoms with Gasteiger partial charge in [-0.1, -0.05) is 19.8 Å². The van der Waals surface area contributed by atoms with Crippen LogP contribution in [0, 0.1) is 0 Å². The maximum atomic E-state index is 12.3. The Morgan fingerprint density at radius 1 is 1.31 bits per heavy atom.